The molecule has 654 valence electrons. The first-order valence-corrected chi connectivity index (χ1v) is 49.3. The van der Waals surface area contributed by atoms with E-state index in [0.717, 1.165) is 58.3 Å². The predicted molar refractivity (Wildman–Crippen MR) is 531 cm³/mol. The molecule has 0 amide bonds. The summed E-state index contributed by atoms with van der Waals surface area (Å²) in [4.78, 5) is 0. The van der Waals surface area contributed by atoms with Crippen molar-refractivity contribution in [3.63, 3.8) is 0 Å². The van der Waals surface area contributed by atoms with E-state index in [1.807, 2.05) is 6.07 Å². The molecule has 9 aromatic rings. The van der Waals surface area contributed by atoms with Gasteiger partial charge >= 0.3 is 0 Å². The molecule has 121 heavy (non-hydrogen) atoms. The molecule has 18 rings (SSSR count). The summed E-state index contributed by atoms with van der Waals surface area (Å²) < 4.78 is 0. The molecule has 0 aromatic heterocycles. The average Bonchev–Trinajstić information content (AvgIpc) is 1.70. The van der Waals surface area contributed by atoms with Gasteiger partial charge < -0.3 is 0 Å². The molecule has 9 saturated carbocycles. The summed E-state index contributed by atoms with van der Waals surface area (Å²) in [6.07, 6.45) is 34.7. The Morgan fingerprint density at radius 2 is 0.347 bits per heavy atom. The Hall–Kier alpha value is -6.73. The molecule has 0 aliphatic heterocycles. The normalized spacial score (nSPS) is 19.5. The Morgan fingerprint density at radius 3 is 0.545 bits per heavy atom. The fraction of sp³-hybridized carbons (Fsp3) is 0.550. The summed E-state index contributed by atoms with van der Waals surface area (Å²) in [6, 6.07) is 86.9. The lowest BCUT2D eigenvalue weighted by atomic mass is 9.58. The van der Waals surface area contributed by atoms with Gasteiger partial charge in [0.15, 0.2) is 0 Å². The van der Waals surface area contributed by atoms with Crippen LogP contribution in [-0.2, 0) is 48.7 Å². The highest BCUT2D eigenvalue weighted by Gasteiger charge is 2.51. The van der Waals surface area contributed by atoms with Crippen LogP contribution in [0.3, 0.4) is 0 Å². The number of aryl methyl sites for hydroxylation is 5. The number of benzene rings is 9. The fourth-order valence-corrected chi connectivity index (χ4v) is 22.7. The number of hydrogen-bond acceptors (Lipinski definition) is 0. The Bertz CT molecular complexity index is 4250. The molecule has 9 aliphatic carbocycles. The molecule has 0 spiro atoms. The number of rotatable bonds is 18. The molecular formula is C120H167Cl. The van der Waals surface area contributed by atoms with Gasteiger partial charge in [-0.2, -0.15) is 0 Å². The number of hydrogen-bond donors (Lipinski definition) is 0. The highest BCUT2D eigenvalue weighted by atomic mass is 35.5. The Kier molecular flexibility index (Phi) is 33.9. The lowest BCUT2D eigenvalue weighted by Crippen LogP contribution is -2.39. The maximum Gasteiger partial charge on any atom is 0.0408 e. The van der Waals surface area contributed by atoms with Crippen LogP contribution in [0, 0.1) is 87.9 Å². The molecule has 0 N–H and O–H groups in total. The quantitative estimate of drug-likeness (QED) is 0.0803. The summed E-state index contributed by atoms with van der Waals surface area (Å²) in [5.41, 5.74) is 25.4. The van der Waals surface area contributed by atoms with Crippen molar-refractivity contribution in [1.29, 1.82) is 0 Å². The molecule has 9 aliphatic rings. The molecule has 0 unspecified atom stereocenters. The van der Waals surface area contributed by atoms with Gasteiger partial charge in [0, 0.05) is 5.02 Å². The second kappa shape index (κ2) is 42.5. The molecule has 0 bridgehead atoms. The first-order chi connectivity index (χ1) is 57.7. The topological polar surface area (TPSA) is 0 Å². The minimum absolute atomic E-state index is 0.449. The van der Waals surface area contributed by atoms with Gasteiger partial charge in [0.2, 0.25) is 0 Å². The molecule has 0 radical (unpaired) electrons. The minimum atomic E-state index is 0.449. The highest BCUT2D eigenvalue weighted by Crippen LogP contribution is 2.59. The van der Waals surface area contributed by atoms with E-state index in [-0.39, 0.29) is 0 Å². The van der Waals surface area contributed by atoms with Crippen LogP contribution in [0.2, 0.25) is 5.02 Å². The Morgan fingerprint density at radius 1 is 0.165 bits per heavy atom. The van der Waals surface area contributed by atoms with E-state index >= 15 is 0 Å². The van der Waals surface area contributed by atoms with Gasteiger partial charge in [-0.25, -0.2) is 0 Å². The van der Waals surface area contributed by atoms with Gasteiger partial charge in [-0.1, -0.05) is 433 Å². The third kappa shape index (κ3) is 23.3. The van der Waals surface area contributed by atoms with Crippen LogP contribution >= 0.6 is 11.6 Å². The summed E-state index contributed by atoms with van der Waals surface area (Å²) in [5.74, 6) is 6.97. The fourth-order valence-electron chi connectivity index (χ4n) is 22.5. The van der Waals surface area contributed by atoms with Crippen LogP contribution in [-0.4, -0.2) is 0 Å². The molecule has 0 nitrogen and oxygen atoms in total. The van der Waals surface area contributed by atoms with Crippen molar-refractivity contribution in [2.45, 2.75) is 369 Å². The lowest BCUT2D eigenvalue weighted by molar-refractivity contribution is 0.169. The summed E-state index contributed by atoms with van der Waals surface area (Å²) in [6.45, 7) is 53.1. The Balaban J connectivity index is 0.000000143. The van der Waals surface area contributed by atoms with Gasteiger partial charge in [0.1, 0.15) is 0 Å². The van der Waals surface area contributed by atoms with E-state index in [1.165, 1.54) is 194 Å². The second-order valence-electron chi connectivity index (χ2n) is 42.7. The van der Waals surface area contributed by atoms with Crippen molar-refractivity contribution < 1.29 is 0 Å². The van der Waals surface area contributed by atoms with Gasteiger partial charge in [0.05, 0.1) is 0 Å². The highest BCUT2D eigenvalue weighted by molar-refractivity contribution is 6.30. The van der Waals surface area contributed by atoms with Gasteiger partial charge in [-0.05, 0) is 314 Å². The molecule has 1 heteroatoms. The van der Waals surface area contributed by atoms with Crippen LogP contribution < -0.4 is 0 Å². The average molecular weight is 1650 g/mol. The van der Waals surface area contributed by atoms with Crippen molar-refractivity contribution >= 4 is 11.6 Å². The van der Waals surface area contributed by atoms with Crippen molar-refractivity contribution in [3.8, 4) is 0 Å². The van der Waals surface area contributed by atoms with Crippen LogP contribution in [0.5, 0.6) is 0 Å². The summed E-state index contributed by atoms with van der Waals surface area (Å²) in [5, 5.41) is 0.865. The lowest BCUT2D eigenvalue weighted by Gasteiger charge is -2.46. The molecule has 0 atom stereocenters. The molecule has 9 fully saturated rings. The first kappa shape index (κ1) is 96.5. The zero-order valence-corrected chi connectivity index (χ0v) is 81.5. The van der Waals surface area contributed by atoms with Gasteiger partial charge in [0.25, 0.3) is 0 Å². The van der Waals surface area contributed by atoms with Gasteiger partial charge in [-0.15, -0.1) is 0 Å². The summed E-state index contributed by atoms with van der Waals surface area (Å²) in [7, 11) is 0. The zero-order valence-electron chi connectivity index (χ0n) is 80.8. The third-order valence-corrected chi connectivity index (χ3v) is 33.3. The smallest absolute Gasteiger partial charge is 0.0408 e. The van der Waals surface area contributed by atoms with Crippen molar-refractivity contribution in [2.75, 3.05) is 0 Å². The zero-order chi connectivity index (χ0) is 87.6. The van der Waals surface area contributed by atoms with E-state index in [4.69, 9.17) is 11.6 Å². The van der Waals surface area contributed by atoms with E-state index in [0.29, 0.717) is 48.7 Å². The maximum atomic E-state index is 5.98. The monoisotopic (exact) mass is 1640 g/mol. The Labute approximate surface area is 747 Å². The SMILES string of the molecule is CC(C)C1(c2cccc(Cl)c2)CC1.CC(C)C1(c2ccccc2)CCC1.CC(C)C1(c2ccccc2)CCCC1.CC(C)C1(c2ccccc2)CCCCC1.Cc1ccc(C2(C(C)C)CC2)cc1.Cc1ccc(C2(C(C)C)CCC2)cc1.Cc1cccc(C2(C(C)C)CC2)c1.Cc1cccc(C2(C(C)C)CC2)c1.Cc1cccc(C2(C(C)C)CC2)c1. The first-order valence-electron chi connectivity index (χ1n) is 49.0. The molecular weight excluding hydrogens is 1480 g/mol. The maximum absolute atomic E-state index is 5.98. The molecule has 0 heterocycles. The largest absolute Gasteiger partial charge is 0.0843 e. The minimum Gasteiger partial charge on any atom is -0.0843 e. The third-order valence-electron chi connectivity index (χ3n) is 33.1. The van der Waals surface area contributed by atoms with Crippen molar-refractivity contribution in [2.24, 2.45) is 53.3 Å². The number of halogens is 1. The van der Waals surface area contributed by atoms with Crippen LogP contribution in [0.15, 0.2) is 237 Å². The van der Waals surface area contributed by atoms with Gasteiger partial charge in [-0.3, -0.25) is 0 Å². The standard InChI is InChI=1S/C15H22.2C14H20.5C13H18.C12H15Cl/c1-13(2)15(11-7-4-8-12-15)14-9-5-3-6-10-14;1-11(2)14(9-4-10-14)13-7-5-12(3)6-8-13;1-12(2)14(10-6-7-11-14)13-8-4-3-5-9-13;1-10(2)13(8-9-13)12-6-4-11(3)5-7-12;3*1-10(2)13(7-8-13)12-6-4-5-11(3)9-12;1-11(2)13(9-6-10-13)12-7-4-3-5-8-12;1-9(2)12(6-7-12)10-4-3-5-11(13)8-10/h3,5-6,9-10,13H,4,7-8,11-12H2,1-2H3;5-8,11H,4,9-10H2,1-3H3;3-5,8-9,12H,6-7,10-11H2,1-2H3;4-7,10H,8-9H2,1-3H3;3*4-6,9-10H,7-8H2,1-3H3;3-5,7-8,11H,6,9-10H2,1-2H3;3-5,8-9H,6-7H2,1-2H3. The second-order valence-corrected chi connectivity index (χ2v) is 43.2. The van der Waals surface area contributed by atoms with Crippen molar-refractivity contribution in [1.82, 2.24) is 0 Å². The molecule has 0 saturated heterocycles. The molecule has 9 aromatic carbocycles. The van der Waals surface area contributed by atoms with E-state index < -0.39 is 0 Å². The predicted octanol–water partition coefficient (Wildman–Crippen LogP) is 35.3. The van der Waals surface area contributed by atoms with Crippen LogP contribution in [0.25, 0.3) is 0 Å². The summed E-state index contributed by atoms with van der Waals surface area (Å²) >= 11 is 5.98. The van der Waals surface area contributed by atoms with E-state index in [9.17, 15) is 0 Å². The van der Waals surface area contributed by atoms with E-state index in [2.05, 4.69) is 390 Å². The van der Waals surface area contributed by atoms with Crippen molar-refractivity contribution in [3.05, 3.63) is 319 Å². The van der Waals surface area contributed by atoms with Crippen LogP contribution in [0.1, 0.15) is 363 Å². The van der Waals surface area contributed by atoms with Crippen LogP contribution in [0.4, 0.5) is 0 Å². The van der Waals surface area contributed by atoms with E-state index in [1.54, 1.807) is 44.5 Å².